The zero-order chi connectivity index (χ0) is 11.6. The average Bonchev–Trinajstić information content (AvgIpc) is 2.15. The van der Waals surface area contributed by atoms with Crippen LogP contribution in [0.2, 0.25) is 0 Å². The van der Waals surface area contributed by atoms with Crippen LogP contribution in [0, 0.1) is 3.57 Å². The van der Waals surface area contributed by atoms with Crippen molar-refractivity contribution < 1.29 is 8.42 Å². The standard InChI is InChI=1S/C10H14INO2S/c1-3-7-8(4-2)10(15(12,13)14)6-5-9(7)11/h5-6H,3-4H2,1-2H3,(H2,12,13,14). The molecule has 0 unspecified atom stereocenters. The van der Waals surface area contributed by atoms with Crippen molar-refractivity contribution in [3.63, 3.8) is 0 Å². The molecule has 1 rings (SSSR count). The van der Waals surface area contributed by atoms with E-state index in [0.29, 0.717) is 6.42 Å². The molecule has 0 spiro atoms. The van der Waals surface area contributed by atoms with Gasteiger partial charge < -0.3 is 0 Å². The van der Waals surface area contributed by atoms with Crippen LogP contribution in [0.5, 0.6) is 0 Å². The molecule has 0 aliphatic carbocycles. The fourth-order valence-electron chi connectivity index (χ4n) is 1.68. The molecule has 0 radical (unpaired) electrons. The van der Waals surface area contributed by atoms with Crippen molar-refractivity contribution in [3.05, 3.63) is 26.8 Å². The lowest BCUT2D eigenvalue weighted by Crippen LogP contribution is -2.16. The van der Waals surface area contributed by atoms with Gasteiger partial charge in [0.05, 0.1) is 4.90 Å². The number of hydrogen-bond acceptors (Lipinski definition) is 2. The van der Waals surface area contributed by atoms with Gasteiger partial charge in [-0.15, -0.1) is 0 Å². The summed E-state index contributed by atoms with van der Waals surface area (Å²) < 4.78 is 23.8. The summed E-state index contributed by atoms with van der Waals surface area (Å²) in [5.41, 5.74) is 1.94. The van der Waals surface area contributed by atoms with E-state index in [9.17, 15) is 8.42 Å². The molecule has 0 atom stereocenters. The van der Waals surface area contributed by atoms with Crippen molar-refractivity contribution in [3.8, 4) is 0 Å². The Hall–Kier alpha value is -0.140. The minimum Gasteiger partial charge on any atom is -0.225 e. The van der Waals surface area contributed by atoms with E-state index in [0.717, 1.165) is 21.1 Å². The van der Waals surface area contributed by atoms with Crippen molar-refractivity contribution in [2.45, 2.75) is 31.6 Å². The van der Waals surface area contributed by atoms with Crippen LogP contribution in [0.15, 0.2) is 17.0 Å². The molecular formula is C10H14INO2S. The zero-order valence-electron chi connectivity index (χ0n) is 8.75. The minimum absolute atomic E-state index is 0.266. The predicted octanol–water partition coefficient (Wildman–Crippen LogP) is 2.06. The highest BCUT2D eigenvalue weighted by atomic mass is 127. The quantitative estimate of drug-likeness (QED) is 0.857. The van der Waals surface area contributed by atoms with Crippen LogP contribution in [0.25, 0.3) is 0 Å². The second-order valence-electron chi connectivity index (χ2n) is 3.25. The van der Waals surface area contributed by atoms with Crippen molar-refractivity contribution in [1.29, 1.82) is 0 Å². The van der Waals surface area contributed by atoms with Crippen molar-refractivity contribution in [2.24, 2.45) is 5.14 Å². The van der Waals surface area contributed by atoms with E-state index < -0.39 is 10.0 Å². The van der Waals surface area contributed by atoms with Crippen LogP contribution in [0.1, 0.15) is 25.0 Å². The molecule has 15 heavy (non-hydrogen) atoms. The van der Waals surface area contributed by atoms with Gasteiger partial charge in [0.25, 0.3) is 0 Å². The maximum Gasteiger partial charge on any atom is 0.238 e. The van der Waals surface area contributed by atoms with Crippen molar-refractivity contribution >= 4 is 32.6 Å². The highest BCUT2D eigenvalue weighted by Crippen LogP contribution is 2.24. The summed E-state index contributed by atoms with van der Waals surface area (Å²) in [6.45, 7) is 3.96. The van der Waals surface area contributed by atoms with Crippen LogP contribution < -0.4 is 5.14 Å². The number of halogens is 1. The van der Waals surface area contributed by atoms with Gasteiger partial charge in [0, 0.05) is 3.57 Å². The Morgan fingerprint density at radius 2 is 1.73 bits per heavy atom. The normalized spacial score (nSPS) is 11.7. The van der Waals surface area contributed by atoms with Gasteiger partial charge in [-0.25, -0.2) is 13.6 Å². The third-order valence-corrected chi connectivity index (χ3v) is 4.35. The molecule has 0 aromatic heterocycles. The molecular weight excluding hydrogens is 325 g/mol. The lowest BCUT2D eigenvalue weighted by Gasteiger charge is -2.12. The molecule has 5 heteroatoms. The first-order valence-electron chi connectivity index (χ1n) is 4.74. The number of primary sulfonamides is 1. The van der Waals surface area contributed by atoms with Gasteiger partial charge in [-0.1, -0.05) is 13.8 Å². The average molecular weight is 339 g/mol. The van der Waals surface area contributed by atoms with Gasteiger partial charge in [-0.3, -0.25) is 0 Å². The van der Waals surface area contributed by atoms with E-state index in [-0.39, 0.29) is 4.90 Å². The monoisotopic (exact) mass is 339 g/mol. The molecule has 0 saturated carbocycles. The van der Waals surface area contributed by atoms with Crippen molar-refractivity contribution in [2.75, 3.05) is 0 Å². The predicted molar refractivity (Wildman–Crippen MR) is 69.3 cm³/mol. The van der Waals surface area contributed by atoms with E-state index in [1.54, 1.807) is 12.1 Å². The molecule has 84 valence electrons. The third kappa shape index (κ3) is 2.70. The number of sulfonamides is 1. The summed E-state index contributed by atoms with van der Waals surface area (Å²) in [7, 11) is -3.60. The Bertz CT molecular complexity index is 469. The molecule has 0 bridgehead atoms. The van der Waals surface area contributed by atoms with Crippen LogP contribution in [0.3, 0.4) is 0 Å². The van der Waals surface area contributed by atoms with Gasteiger partial charge in [-0.2, -0.15) is 0 Å². The van der Waals surface area contributed by atoms with Gasteiger partial charge in [-0.05, 0) is 58.7 Å². The Balaban J connectivity index is 3.57. The first-order chi connectivity index (χ1) is 6.91. The highest BCUT2D eigenvalue weighted by Gasteiger charge is 2.16. The summed E-state index contributed by atoms with van der Waals surface area (Å²) in [6, 6.07) is 3.40. The molecule has 0 saturated heterocycles. The van der Waals surface area contributed by atoms with E-state index in [4.69, 9.17) is 5.14 Å². The Morgan fingerprint density at radius 3 is 2.13 bits per heavy atom. The third-order valence-electron chi connectivity index (χ3n) is 2.34. The fraction of sp³-hybridized carbons (Fsp3) is 0.400. The first kappa shape index (κ1) is 12.9. The van der Waals surface area contributed by atoms with E-state index >= 15 is 0 Å². The van der Waals surface area contributed by atoms with Crippen molar-refractivity contribution in [1.82, 2.24) is 0 Å². The molecule has 0 amide bonds. The smallest absolute Gasteiger partial charge is 0.225 e. The van der Waals surface area contributed by atoms with Gasteiger partial charge in [0.1, 0.15) is 0 Å². The summed E-state index contributed by atoms with van der Waals surface area (Å²) in [6.07, 6.45) is 1.51. The zero-order valence-corrected chi connectivity index (χ0v) is 11.7. The number of nitrogens with two attached hydrogens (primary N) is 1. The second-order valence-corrected chi connectivity index (χ2v) is 5.95. The molecule has 1 aromatic carbocycles. The molecule has 0 heterocycles. The van der Waals surface area contributed by atoms with Crippen LogP contribution >= 0.6 is 22.6 Å². The van der Waals surface area contributed by atoms with Gasteiger partial charge in [0.2, 0.25) is 10.0 Å². The van der Waals surface area contributed by atoms with Crippen LogP contribution in [0.4, 0.5) is 0 Å². The molecule has 3 nitrogen and oxygen atoms in total. The Labute approximate surface area is 104 Å². The molecule has 0 aliphatic heterocycles. The lowest BCUT2D eigenvalue weighted by molar-refractivity contribution is 0.596. The maximum atomic E-state index is 11.4. The number of benzene rings is 1. The van der Waals surface area contributed by atoms with Gasteiger partial charge >= 0.3 is 0 Å². The minimum atomic E-state index is -3.60. The first-order valence-corrected chi connectivity index (χ1v) is 7.37. The van der Waals surface area contributed by atoms with E-state index in [2.05, 4.69) is 22.6 Å². The second kappa shape index (κ2) is 4.80. The molecule has 0 fully saturated rings. The van der Waals surface area contributed by atoms with E-state index in [1.807, 2.05) is 13.8 Å². The maximum absolute atomic E-state index is 11.4. The topological polar surface area (TPSA) is 60.2 Å². The SMILES string of the molecule is CCc1c(I)ccc(S(N)(=O)=O)c1CC. The summed E-state index contributed by atoms with van der Waals surface area (Å²) in [5, 5.41) is 5.18. The lowest BCUT2D eigenvalue weighted by atomic mass is 10.0. The molecule has 2 N–H and O–H groups in total. The summed E-state index contributed by atoms with van der Waals surface area (Å²) in [4.78, 5) is 0.266. The summed E-state index contributed by atoms with van der Waals surface area (Å²) in [5.74, 6) is 0. The largest absolute Gasteiger partial charge is 0.238 e. The van der Waals surface area contributed by atoms with Crippen LogP contribution in [-0.2, 0) is 22.9 Å². The highest BCUT2D eigenvalue weighted by molar-refractivity contribution is 14.1. The number of rotatable bonds is 3. The summed E-state index contributed by atoms with van der Waals surface area (Å²) >= 11 is 2.22. The molecule has 1 aromatic rings. The van der Waals surface area contributed by atoms with Gasteiger partial charge in [0.15, 0.2) is 0 Å². The number of hydrogen-bond donors (Lipinski definition) is 1. The Kier molecular flexibility index (Phi) is 4.13. The Morgan fingerprint density at radius 1 is 1.20 bits per heavy atom. The van der Waals surface area contributed by atoms with E-state index in [1.165, 1.54) is 0 Å². The van der Waals surface area contributed by atoms with Crippen LogP contribution in [-0.4, -0.2) is 8.42 Å². The fourth-order valence-corrected chi connectivity index (χ4v) is 3.43. The molecule has 0 aliphatic rings.